The van der Waals surface area contributed by atoms with Crippen LogP contribution in [0.15, 0.2) is 23.2 Å². The fourth-order valence-corrected chi connectivity index (χ4v) is 2.78. The molecule has 3 N–H and O–H groups in total. The van der Waals surface area contributed by atoms with Gasteiger partial charge in [0.1, 0.15) is 11.9 Å². The molecule has 1 heterocycles. The minimum absolute atomic E-state index is 0.0246. The highest BCUT2D eigenvalue weighted by molar-refractivity contribution is 5.77. The second-order valence-electron chi connectivity index (χ2n) is 5.78. The molecule has 0 aromatic carbocycles. The molecule has 2 rings (SSSR count). The molecule has 0 spiro atoms. The highest BCUT2D eigenvalue weighted by Crippen LogP contribution is 2.27. The van der Waals surface area contributed by atoms with Crippen LogP contribution < -0.4 is 11.1 Å². The molecule has 126 valence electrons. The number of rotatable bonds is 5. The summed E-state index contributed by atoms with van der Waals surface area (Å²) in [6.07, 6.45) is 3.88. The van der Waals surface area contributed by atoms with Crippen molar-refractivity contribution in [3.8, 4) is 6.07 Å². The van der Waals surface area contributed by atoms with E-state index in [-0.39, 0.29) is 18.1 Å². The first-order valence-corrected chi connectivity index (χ1v) is 7.81. The normalized spacial score (nSPS) is 23.0. The third kappa shape index (κ3) is 4.47. The number of likely N-dealkylation sites (tertiary alicyclic amines) is 1. The van der Waals surface area contributed by atoms with Gasteiger partial charge in [0.2, 0.25) is 5.91 Å². The van der Waals surface area contributed by atoms with Crippen LogP contribution in [0.4, 0.5) is 0 Å². The Labute approximate surface area is 136 Å². The van der Waals surface area contributed by atoms with Crippen LogP contribution in [0, 0.1) is 11.3 Å². The molecule has 1 fully saturated rings. The minimum Gasteiger partial charge on any atom is -0.497 e. The molecule has 7 heteroatoms. The summed E-state index contributed by atoms with van der Waals surface area (Å²) in [5.41, 5.74) is 6.44. The number of piperidine rings is 1. The van der Waals surface area contributed by atoms with Crippen LogP contribution in [-0.2, 0) is 14.3 Å². The highest BCUT2D eigenvalue weighted by atomic mass is 16.5. The monoisotopic (exact) mass is 320 g/mol. The zero-order valence-electron chi connectivity index (χ0n) is 13.7. The lowest BCUT2D eigenvalue weighted by molar-refractivity contribution is -0.122. The maximum atomic E-state index is 11.4. The number of allylic oxidation sites excluding steroid dienone is 1. The number of nitrogens with two attached hydrogens (primary N) is 1. The average molecular weight is 320 g/mol. The molecular weight excluding hydrogens is 296 g/mol. The number of hydrogen-bond acceptors (Lipinski definition) is 6. The van der Waals surface area contributed by atoms with Crippen LogP contribution in [0.25, 0.3) is 0 Å². The number of nitrogens with zero attached hydrogens (tertiary/aromatic N) is 2. The Morgan fingerprint density at radius 1 is 1.52 bits per heavy atom. The van der Waals surface area contributed by atoms with Gasteiger partial charge in [-0.15, -0.1) is 0 Å². The van der Waals surface area contributed by atoms with Crippen molar-refractivity contribution in [1.82, 2.24) is 10.2 Å². The highest BCUT2D eigenvalue weighted by Gasteiger charge is 2.26. The van der Waals surface area contributed by atoms with Crippen molar-refractivity contribution in [3.05, 3.63) is 23.2 Å². The van der Waals surface area contributed by atoms with Crippen molar-refractivity contribution in [3.63, 3.8) is 0 Å². The van der Waals surface area contributed by atoms with Gasteiger partial charge in [-0.05, 0) is 18.9 Å². The lowest BCUT2D eigenvalue weighted by Crippen LogP contribution is -2.42. The van der Waals surface area contributed by atoms with E-state index >= 15 is 0 Å². The maximum Gasteiger partial charge on any atom is 0.233 e. The maximum absolute atomic E-state index is 11.4. The van der Waals surface area contributed by atoms with Gasteiger partial charge in [-0.3, -0.25) is 9.69 Å². The molecule has 1 aliphatic heterocycles. The van der Waals surface area contributed by atoms with E-state index in [1.54, 1.807) is 20.2 Å². The Balaban J connectivity index is 1.94. The summed E-state index contributed by atoms with van der Waals surface area (Å²) in [4.78, 5) is 13.5. The van der Waals surface area contributed by atoms with E-state index in [1.807, 2.05) is 0 Å². The van der Waals surface area contributed by atoms with E-state index in [9.17, 15) is 4.79 Å². The van der Waals surface area contributed by atoms with Crippen molar-refractivity contribution in [1.29, 1.82) is 5.26 Å². The van der Waals surface area contributed by atoms with Crippen molar-refractivity contribution < 1.29 is 14.3 Å². The number of carbonyl (C=O) groups excluding carboxylic acids is 1. The number of likely N-dealkylation sites (N-methyl/N-ethyl adjacent to an activating group) is 1. The minimum atomic E-state index is -0.336. The number of nitriles is 1. The summed E-state index contributed by atoms with van der Waals surface area (Å²) in [5, 5.41) is 11.8. The first kappa shape index (κ1) is 17.3. The Morgan fingerprint density at radius 2 is 2.22 bits per heavy atom. The van der Waals surface area contributed by atoms with Crippen molar-refractivity contribution in [2.75, 3.05) is 33.8 Å². The Kier molecular flexibility index (Phi) is 6.02. The summed E-state index contributed by atoms with van der Waals surface area (Å²) < 4.78 is 11.4. The van der Waals surface area contributed by atoms with Crippen molar-refractivity contribution >= 4 is 5.91 Å². The van der Waals surface area contributed by atoms with Gasteiger partial charge in [0.05, 0.1) is 25.3 Å². The quantitative estimate of drug-likeness (QED) is 0.753. The lowest BCUT2D eigenvalue weighted by Gasteiger charge is -2.33. The fraction of sp³-hybridized carbons (Fsp3) is 0.625. The van der Waals surface area contributed by atoms with Crippen LogP contribution in [-0.4, -0.2) is 56.7 Å². The second kappa shape index (κ2) is 7.99. The molecular formula is C16H24N4O3. The van der Waals surface area contributed by atoms with Gasteiger partial charge in [0, 0.05) is 32.6 Å². The molecule has 0 aromatic rings. The summed E-state index contributed by atoms with van der Waals surface area (Å²) >= 11 is 0. The molecule has 2 aliphatic rings. The van der Waals surface area contributed by atoms with Crippen molar-refractivity contribution in [2.45, 2.75) is 31.4 Å². The zero-order chi connectivity index (χ0) is 16.8. The van der Waals surface area contributed by atoms with Crippen LogP contribution in [0.2, 0.25) is 0 Å². The third-order valence-electron chi connectivity index (χ3n) is 4.22. The number of carbonyl (C=O) groups is 1. The number of hydrogen-bond donors (Lipinski definition) is 2. The molecule has 1 amide bonds. The first-order valence-electron chi connectivity index (χ1n) is 7.81. The number of ether oxygens (including phenoxy) is 2. The van der Waals surface area contributed by atoms with E-state index in [2.05, 4.69) is 16.3 Å². The van der Waals surface area contributed by atoms with Gasteiger partial charge in [-0.25, -0.2) is 0 Å². The number of amides is 1. The summed E-state index contributed by atoms with van der Waals surface area (Å²) in [6, 6.07) is 1.78. The summed E-state index contributed by atoms with van der Waals surface area (Å²) in [6.45, 7) is 2.03. The summed E-state index contributed by atoms with van der Waals surface area (Å²) in [7, 11) is 3.23. The predicted octanol–water partition coefficient (Wildman–Crippen LogP) is 0.252. The van der Waals surface area contributed by atoms with Gasteiger partial charge in [0.25, 0.3) is 0 Å². The molecule has 0 radical (unpaired) electrons. The zero-order valence-corrected chi connectivity index (χ0v) is 13.7. The molecule has 0 aromatic heterocycles. The fourth-order valence-electron chi connectivity index (χ4n) is 2.78. The molecule has 1 unspecified atom stereocenters. The molecule has 1 saturated heterocycles. The van der Waals surface area contributed by atoms with Gasteiger partial charge >= 0.3 is 0 Å². The second-order valence-corrected chi connectivity index (χ2v) is 5.78. The molecule has 23 heavy (non-hydrogen) atoms. The van der Waals surface area contributed by atoms with Crippen molar-refractivity contribution in [2.24, 2.45) is 5.73 Å². The van der Waals surface area contributed by atoms with Gasteiger partial charge < -0.3 is 20.5 Å². The van der Waals surface area contributed by atoms with Crippen LogP contribution >= 0.6 is 0 Å². The molecule has 1 aliphatic carbocycles. The van der Waals surface area contributed by atoms with E-state index in [0.717, 1.165) is 25.9 Å². The van der Waals surface area contributed by atoms with Crippen LogP contribution in [0.5, 0.6) is 0 Å². The largest absolute Gasteiger partial charge is 0.497 e. The van der Waals surface area contributed by atoms with Crippen LogP contribution in [0.3, 0.4) is 0 Å². The number of methoxy groups -OCH3 is 1. The topological polar surface area (TPSA) is 101 Å². The van der Waals surface area contributed by atoms with E-state index < -0.39 is 0 Å². The third-order valence-corrected chi connectivity index (χ3v) is 4.22. The first-order chi connectivity index (χ1) is 11.1. The lowest BCUT2D eigenvalue weighted by atomic mass is 9.98. The molecule has 0 bridgehead atoms. The van der Waals surface area contributed by atoms with Crippen LogP contribution in [0.1, 0.15) is 19.3 Å². The Morgan fingerprint density at radius 3 is 2.78 bits per heavy atom. The van der Waals surface area contributed by atoms with E-state index in [1.165, 1.54) is 0 Å². The molecule has 7 nitrogen and oxygen atoms in total. The average Bonchev–Trinajstić information content (AvgIpc) is 2.57. The van der Waals surface area contributed by atoms with E-state index in [4.69, 9.17) is 20.5 Å². The standard InChI is InChI=1S/C16H24N4O3/c1-19-16(21)10-20-5-3-12(4-6-20)23-15-7-11(9-17)13(18)8-14(15)22-2/h7,12-13H,3-6,8,10,18H2,1-2H3,(H,19,21). The van der Waals surface area contributed by atoms with E-state index in [0.29, 0.717) is 30.1 Å². The summed E-state index contributed by atoms with van der Waals surface area (Å²) in [5.74, 6) is 1.32. The molecule has 0 saturated carbocycles. The predicted molar refractivity (Wildman–Crippen MR) is 84.9 cm³/mol. The van der Waals surface area contributed by atoms with Gasteiger partial charge in [-0.2, -0.15) is 5.26 Å². The number of nitrogens with one attached hydrogen (secondary N) is 1. The Hall–Kier alpha value is -2.04. The van der Waals surface area contributed by atoms with Gasteiger partial charge in [-0.1, -0.05) is 0 Å². The Bertz CT molecular complexity index is 542. The molecule has 1 atom stereocenters. The smallest absolute Gasteiger partial charge is 0.233 e. The SMILES string of the molecule is CNC(=O)CN1CCC(OC2=C(OC)CC(N)C(C#N)=C2)CC1. The van der Waals surface area contributed by atoms with Gasteiger partial charge in [0.15, 0.2) is 5.76 Å².